The zero-order valence-corrected chi connectivity index (χ0v) is 9.03. The lowest BCUT2D eigenvalue weighted by molar-refractivity contribution is -0.157. The van der Waals surface area contributed by atoms with Gasteiger partial charge in [-0.25, -0.2) is 4.79 Å². The first-order valence-corrected chi connectivity index (χ1v) is 4.89. The molecule has 5 nitrogen and oxygen atoms in total. The smallest absolute Gasteiger partial charge is 0.332 e. The Kier molecular flexibility index (Phi) is 5.01. The van der Waals surface area contributed by atoms with E-state index in [9.17, 15) is 9.59 Å². The molecule has 5 heteroatoms. The SMILES string of the molecule is CNCC(=O)OC(=O)CNc1ccccc1. The van der Waals surface area contributed by atoms with Gasteiger partial charge in [-0.05, 0) is 19.2 Å². The van der Waals surface area contributed by atoms with Crippen LogP contribution >= 0.6 is 0 Å². The highest BCUT2D eigenvalue weighted by Gasteiger charge is 2.08. The third-order valence-electron chi connectivity index (χ3n) is 1.76. The van der Waals surface area contributed by atoms with Gasteiger partial charge in [0.05, 0.1) is 6.54 Å². The van der Waals surface area contributed by atoms with E-state index in [2.05, 4.69) is 15.4 Å². The number of anilines is 1. The fourth-order valence-corrected chi connectivity index (χ4v) is 1.07. The van der Waals surface area contributed by atoms with Crippen molar-refractivity contribution >= 4 is 17.6 Å². The molecular formula is C11H14N2O3. The summed E-state index contributed by atoms with van der Waals surface area (Å²) in [7, 11) is 1.61. The molecule has 86 valence electrons. The van der Waals surface area contributed by atoms with Crippen LogP contribution in [0.25, 0.3) is 0 Å². The van der Waals surface area contributed by atoms with Gasteiger partial charge in [0, 0.05) is 5.69 Å². The first kappa shape index (κ1) is 12.2. The van der Waals surface area contributed by atoms with Gasteiger partial charge in [0.25, 0.3) is 0 Å². The Hall–Kier alpha value is -1.88. The van der Waals surface area contributed by atoms with E-state index >= 15 is 0 Å². The van der Waals surface area contributed by atoms with Crippen LogP contribution in [0.2, 0.25) is 0 Å². The number of esters is 2. The maximum atomic E-state index is 11.2. The van der Waals surface area contributed by atoms with Crippen molar-refractivity contribution < 1.29 is 14.3 Å². The Morgan fingerprint density at radius 2 is 1.75 bits per heavy atom. The number of carbonyl (C=O) groups is 2. The second-order valence-electron chi connectivity index (χ2n) is 3.10. The molecule has 0 amide bonds. The van der Waals surface area contributed by atoms with Gasteiger partial charge < -0.3 is 15.4 Å². The molecule has 1 aromatic carbocycles. The minimum Gasteiger partial charge on any atom is -0.391 e. The van der Waals surface area contributed by atoms with Crippen LogP contribution in [0.5, 0.6) is 0 Å². The maximum Gasteiger partial charge on any atom is 0.332 e. The normalized spacial score (nSPS) is 9.56. The molecule has 0 aromatic heterocycles. The number of hydrogen-bond donors (Lipinski definition) is 2. The molecule has 0 aliphatic rings. The van der Waals surface area contributed by atoms with Crippen LogP contribution in [-0.4, -0.2) is 32.1 Å². The molecule has 0 saturated carbocycles. The number of carbonyl (C=O) groups excluding carboxylic acids is 2. The predicted octanol–water partition coefficient (Wildman–Crippen LogP) is 0.388. The molecule has 0 bridgehead atoms. The van der Waals surface area contributed by atoms with E-state index in [0.29, 0.717) is 0 Å². The Morgan fingerprint density at radius 3 is 2.38 bits per heavy atom. The van der Waals surface area contributed by atoms with Crippen molar-refractivity contribution in [3.63, 3.8) is 0 Å². The summed E-state index contributed by atoms with van der Waals surface area (Å²) in [5.74, 6) is -1.17. The van der Waals surface area contributed by atoms with Crippen LogP contribution in [0.1, 0.15) is 0 Å². The second kappa shape index (κ2) is 6.58. The van der Waals surface area contributed by atoms with Crippen molar-refractivity contribution in [1.82, 2.24) is 5.32 Å². The molecule has 0 heterocycles. The Balaban J connectivity index is 2.28. The lowest BCUT2D eigenvalue weighted by atomic mass is 10.3. The van der Waals surface area contributed by atoms with E-state index in [1.165, 1.54) is 0 Å². The summed E-state index contributed by atoms with van der Waals surface area (Å²) in [6, 6.07) is 9.21. The van der Waals surface area contributed by atoms with Gasteiger partial charge in [-0.2, -0.15) is 0 Å². The van der Waals surface area contributed by atoms with E-state index in [0.717, 1.165) is 5.69 Å². The standard InChI is InChI=1S/C11H14N2O3/c1-12-7-10(14)16-11(15)8-13-9-5-3-2-4-6-9/h2-6,12-13H,7-8H2,1H3. The van der Waals surface area contributed by atoms with Crippen molar-refractivity contribution in [2.45, 2.75) is 0 Å². The van der Waals surface area contributed by atoms with Crippen LogP contribution in [0.15, 0.2) is 30.3 Å². The van der Waals surface area contributed by atoms with Gasteiger partial charge in [-0.15, -0.1) is 0 Å². The molecule has 0 fully saturated rings. The summed E-state index contributed by atoms with van der Waals surface area (Å²) in [5, 5.41) is 5.44. The molecule has 1 aromatic rings. The molecular weight excluding hydrogens is 208 g/mol. The van der Waals surface area contributed by atoms with Gasteiger partial charge in [0.2, 0.25) is 0 Å². The summed E-state index contributed by atoms with van der Waals surface area (Å²) in [5.41, 5.74) is 0.806. The van der Waals surface area contributed by atoms with Crippen molar-refractivity contribution in [3.05, 3.63) is 30.3 Å². The molecule has 0 aliphatic heterocycles. The number of benzene rings is 1. The highest BCUT2D eigenvalue weighted by molar-refractivity contribution is 5.88. The minimum atomic E-state index is -0.593. The average molecular weight is 222 g/mol. The fraction of sp³-hybridized carbons (Fsp3) is 0.273. The third-order valence-corrected chi connectivity index (χ3v) is 1.76. The van der Waals surface area contributed by atoms with E-state index in [1.54, 1.807) is 7.05 Å². The van der Waals surface area contributed by atoms with Crippen LogP contribution in [-0.2, 0) is 14.3 Å². The summed E-state index contributed by atoms with van der Waals surface area (Å²) in [6.45, 7) is -0.00343. The fourth-order valence-electron chi connectivity index (χ4n) is 1.07. The van der Waals surface area contributed by atoms with E-state index in [4.69, 9.17) is 0 Å². The zero-order valence-electron chi connectivity index (χ0n) is 9.03. The lowest BCUT2D eigenvalue weighted by Gasteiger charge is -2.05. The van der Waals surface area contributed by atoms with E-state index in [1.807, 2.05) is 30.3 Å². The average Bonchev–Trinajstić information content (AvgIpc) is 2.28. The monoisotopic (exact) mass is 222 g/mol. The highest BCUT2D eigenvalue weighted by Crippen LogP contribution is 2.03. The van der Waals surface area contributed by atoms with Gasteiger partial charge >= 0.3 is 11.9 Å². The Morgan fingerprint density at radius 1 is 1.12 bits per heavy atom. The number of para-hydroxylation sites is 1. The summed E-state index contributed by atoms with van der Waals surface area (Å²) in [6.07, 6.45) is 0. The molecule has 0 aliphatic carbocycles. The summed E-state index contributed by atoms with van der Waals surface area (Å²) in [4.78, 5) is 22.1. The quantitative estimate of drug-likeness (QED) is 0.557. The largest absolute Gasteiger partial charge is 0.391 e. The van der Waals surface area contributed by atoms with Crippen molar-refractivity contribution in [1.29, 1.82) is 0 Å². The number of hydrogen-bond acceptors (Lipinski definition) is 5. The van der Waals surface area contributed by atoms with Crippen LogP contribution in [0.3, 0.4) is 0 Å². The number of likely N-dealkylation sites (N-methyl/N-ethyl adjacent to an activating group) is 1. The van der Waals surface area contributed by atoms with Crippen LogP contribution < -0.4 is 10.6 Å². The zero-order chi connectivity index (χ0) is 11.8. The first-order valence-electron chi connectivity index (χ1n) is 4.89. The van der Waals surface area contributed by atoms with E-state index < -0.39 is 11.9 Å². The molecule has 2 N–H and O–H groups in total. The molecule has 0 unspecified atom stereocenters. The molecule has 16 heavy (non-hydrogen) atoms. The summed E-state index contributed by atoms with van der Waals surface area (Å²) < 4.78 is 4.51. The van der Waals surface area contributed by atoms with Crippen molar-refractivity contribution in [2.24, 2.45) is 0 Å². The van der Waals surface area contributed by atoms with Gasteiger partial charge in [0.15, 0.2) is 0 Å². The Labute approximate surface area is 93.8 Å². The molecule has 0 radical (unpaired) electrons. The molecule has 0 saturated heterocycles. The Bertz CT molecular complexity index is 352. The minimum absolute atomic E-state index is 0.0249. The number of nitrogens with one attached hydrogen (secondary N) is 2. The topological polar surface area (TPSA) is 67.4 Å². The van der Waals surface area contributed by atoms with Crippen molar-refractivity contribution in [3.8, 4) is 0 Å². The highest BCUT2D eigenvalue weighted by atomic mass is 16.6. The molecule has 1 rings (SSSR count). The van der Waals surface area contributed by atoms with E-state index in [-0.39, 0.29) is 13.1 Å². The molecule has 0 spiro atoms. The predicted molar refractivity (Wildman–Crippen MR) is 60.0 cm³/mol. The summed E-state index contributed by atoms with van der Waals surface area (Å²) >= 11 is 0. The second-order valence-corrected chi connectivity index (χ2v) is 3.10. The maximum absolute atomic E-state index is 11.2. The number of rotatable bonds is 5. The lowest BCUT2D eigenvalue weighted by Crippen LogP contribution is -2.26. The van der Waals surface area contributed by atoms with Gasteiger partial charge in [-0.3, -0.25) is 4.79 Å². The van der Waals surface area contributed by atoms with Crippen LogP contribution in [0, 0.1) is 0 Å². The third kappa shape index (κ3) is 4.56. The van der Waals surface area contributed by atoms with Gasteiger partial charge in [-0.1, -0.05) is 18.2 Å². The van der Waals surface area contributed by atoms with Crippen molar-refractivity contribution in [2.75, 3.05) is 25.5 Å². The van der Waals surface area contributed by atoms with Crippen LogP contribution in [0.4, 0.5) is 5.69 Å². The number of ether oxygens (including phenoxy) is 1. The molecule has 0 atom stereocenters. The first-order chi connectivity index (χ1) is 7.72. The van der Waals surface area contributed by atoms with Gasteiger partial charge in [0.1, 0.15) is 6.54 Å².